The highest BCUT2D eigenvalue weighted by Gasteiger charge is 2.32. The molecule has 0 aromatic heterocycles. The summed E-state index contributed by atoms with van der Waals surface area (Å²) in [7, 11) is 0. The standard InChI is InChI=1S/C26H29NO4S2/c1-5-12-30-24(28)10-11-27-25(29)23(33-26(27)32)15-20-6-8-22(9-7-20)31-16-21-14-18(3)17(2)13-19(21)4/h6-9,13-15H,5,10-12,16H2,1-4H3/b23-15+. The van der Waals surface area contributed by atoms with Crippen LogP contribution in [0.4, 0.5) is 0 Å². The minimum absolute atomic E-state index is 0.131. The van der Waals surface area contributed by atoms with Gasteiger partial charge in [0.2, 0.25) is 0 Å². The van der Waals surface area contributed by atoms with E-state index in [4.69, 9.17) is 21.7 Å². The van der Waals surface area contributed by atoms with E-state index in [2.05, 4.69) is 32.9 Å². The number of nitrogens with zero attached hydrogens (tertiary/aromatic N) is 1. The molecule has 0 bridgehead atoms. The average Bonchev–Trinajstić information content (AvgIpc) is 3.05. The number of carbonyl (C=O) groups excluding carboxylic acids is 2. The van der Waals surface area contributed by atoms with Crippen LogP contribution in [-0.2, 0) is 20.9 Å². The van der Waals surface area contributed by atoms with Crippen molar-refractivity contribution in [1.29, 1.82) is 0 Å². The van der Waals surface area contributed by atoms with Gasteiger partial charge >= 0.3 is 5.97 Å². The maximum absolute atomic E-state index is 12.7. The quantitative estimate of drug-likeness (QED) is 0.258. The molecule has 7 heteroatoms. The minimum atomic E-state index is -0.318. The van der Waals surface area contributed by atoms with Gasteiger partial charge in [0.05, 0.1) is 17.9 Å². The Bertz CT molecular complexity index is 1080. The predicted octanol–water partition coefficient (Wildman–Crippen LogP) is 5.74. The second-order valence-electron chi connectivity index (χ2n) is 8.02. The highest BCUT2D eigenvalue weighted by atomic mass is 32.2. The Morgan fingerprint density at radius 2 is 1.79 bits per heavy atom. The van der Waals surface area contributed by atoms with Crippen molar-refractivity contribution in [2.75, 3.05) is 13.2 Å². The van der Waals surface area contributed by atoms with Crippen LogP contribution in [0.25, 0.3) is 6.08 Å². The first-order chi connectivity index (χ1) is 15.8. The lowest BCUT2D eigenvalue weighted by atomic mass is 10.0. The molecule has 1 saturated heterocycles. The van der Waals surface area contributed by atoms with Crippen LogP contribution in [0.1, 0.15) is 47.6 Å². The van der Waals surface area contributed by atoms with Crippen molar-refractivity contribution < 1.29 is 19.1 Å². The van der Waals surface area contributed by atoms with Gasteiger partial charge in [0.25, 0.3) is 5.91 Å². The monoisotopic (exact) mass is 483 g/mol. The molecule has 1 aliphatic rings. The summed E-state index contributed by atoms with van der Waals surface area (Å²) in [5.41, 5.74) is 5.81. The summed E-state index contributed by atoms with van der Waals surface area (Å²) in [5.74, 6) is 0.267. The van der Waals surface area contributed by atoms with E-state index < -0.39 is 0 Å². The van der Waals surface area contributed by atoms with Gasteiger partial charge in [-0.05, 0) is 73.2 Å². The van der Waals surface area contributed by atoms with Gasteiger partial charge in [0.1, 0.15) is 16.7 Å². The first-order valence-corrected chi connectivity index (χ1v) is 12.2. The molecule has 1 fully saturated rings. The molecule has 0 saturated carbocycles. The van der Waals surface area contributed by atoms with Gasteiger partial charge in [-0.2, -0.15) is 0 Å². The Kier molecular flexibility index (Phi) is 8.69. The van der Waals surface area contributed by atoms with Gasteiger partial charge in [0.15, 0.2) is 0 Å². The first-order valence-electron chi connectivity index (χ1n) is 11.0. The Hall–Kier alpha value is -2.64. The van der Waals surface area contributed by atoms with Crippen molar-refractivity contribution in [2.45, 2.75) is 47.1 Å². The number of thioether (sulfide) groups is 1. The molecule has 3 rings (SSSR count). The largest absolute Gasteiger partial charge is 0.489 e. The number of hydrogen-bond donors (Lipinski definition) is 0. The summed E-state index contributed by atoms with van der Waals surface area (Å²) in [4.78, 5) is 26.5. The van der Waals surface area contributed by atoms with Gasteiger partial charge in [-0.25, -0.2) is 0 Å². The van der Waals surface area contributed by atoms with Crippen molar-refractivity contribution >= 4 is 46.3 Å². The Labute approximate surface area is 205 Å². The molecule has 0 radical (unpaired) electrons. The van der Waals surface area contributed by atoms with E-state index in [0.717, 1.165) is 17.7 Å². The lowest BCUT2D eigenvalue weighted by Gasteiger charge is -2.13. The molecular weight excluding hydrogens is 454 g/mol. The SMILES string of the molecule is CCCOC(=O)CCN1C(=O)/C(=C\c2ccc(OCc3cc(C)c(C)cc3C)cc2)SC1=S. The summed E-state index contributed by atoms with van der Waals surface area (Å²) in [6, 6.07) is 12.0. The Morgan fingerprint density at radius 3 is 2.48 bits per heavy atom. The minimum Gasteiger partial charge on any atom is -0.489 e. The topological polar surface area (TPSA) is 55.8 Å². The Morgan fingerprint density at radius 1 is 1.09 bits per heavy atom. The van der Waals surface area contributed by atoms with Gasteiger partial charge in [-0.1, -0.05) is 55.2 Å². The van der Waals surface area contributed by atoms with Gasteiger partial charge in [0, 0.05) is 6.54 Å². The molecule has 5 nitrogen and oxygen atoms in total. The molecule has 0 spiro atoms. The molecule has 1 amide bonds. The van der Waals surface area contributed by atoms with Gasteiger partial charge in [-0.3, -0.25) is 14.5 Å². The zero-order valence-electron chi connectivity index (χ0n) is 19.5. The molecular formula is C26H29NO4S2. The second-order valence-corrected chi connectivity index (χ2v) is 9.70. The molecule has 1 aliphatic heterocycles. The average molecular weight is 484 g/mol. The fourth-order valence-electron chi connectivity index (χ4n) is 3.33. The molecule has 0 atom stereocenters. The first kappa shape index (κ1) is 25.0. The number of rotatable bonds is 9. The fraction of sp³-hybridized carbons (Fsp3) is 0.346. The summed E-state index contributed by atoms with van der Waals surface area (Å²) < 4.78 is 11.5. The van der Waals surface area contributed by atoms with E-state index in [1.54, 1.807) is 0 Å². The van der Waals surface area contributed by atoms with E-state index in [1.807, 2.05) is 37.3 Å². The van der Waals surface area contributed by atoms with Crippen molar-refractivity contribution in [3.05, 3.63) is 69.1 Å². The molecule has 0 N–H and O–H groups in total. The third-order valence-corrected chi connectivity index (χ3v) is 6.78. The van der Waals surface area contributed by atoms with E-state index in [0.29, 0.717) is 22.4 Å². The van der Waals surface area contributed by atoms with Gasteiger partial charge in [-0.15, -0.1) is 0 Å². The number of carbonyl (C=O) groups is 2. The number of ether oxygens (including phenoxy) is 2. The van der Waals surface area contributed by atoms with E-state index in [1.165, 1.54) is 38.9 Å². The number of benzene rings is 2. The molecule has 2 aromatic rings. The van der Waals surface area contributed by atoms with Crippen LogP contribution >= 0.6 is 24.0 Å². The summed E-state index contributed by atoms with van der Waals surface area (Å²) >= 11 is 6.58. The number of thiocarbonyl (C=S) groups is 1. The number of amides is 1. The normalized spacial score (nSPS) is 14.8. The summed E-state index contributed by atoms with van der Waals surface area (Å²) in [6.07, 6.45) is 2.71. The third-order valence-electron chi connectivity index (χ3n) is 5.40. The molecule has 0 unspecified atom stereocenters. The number of esters is 1. The zero-order chi connectivity index (χ0) is 24.0. The highest BCUT2D eigenvalue weighted by molar-refractivity contribution is 8.26. The summed E-state index contributed by atoms with van der Waals surface area (Å²) in [5, 5.41) is 0. The third kappa shape index (κ3) is 6.68. The molecule has 1 heterocycles. The number of hydrogen-bond acceptors (Lipinski definition) is 6. The van der Waals surface area contributed by atoms with E-state index in [9.17, 15) is 9.59 Å². The van der Waals surface area contributed by atoms with Crippen LogP contribution in [0, 0.1) is 20.8 Å². The molecule has 33 heavy (non-hydrogen) atoms. The van der Waals surface area contributed by atoms with Crippen LogP contribution < -0.4 is 4.74 Å². The van der Waals surface area contributed by atoms with E-state index >= 15 is 0 Å². The smallest absolute Gasteiger partial charge is 0.307 e. The summed E-state index contributed by atoms with van der Waals surface area (Å²) in [6.45, 7) is 9.37. The van der Waals surface area contributed by atoms with Crippen molar-refractivity contribution in [3.63, 3.8) is 0 Å². The highest BCUT2D eigenvalue weighted by Crippen LogP contribution is 2.33. The van der Waals surface area contributed by atoms with Crippen LogP contribution in [0.2, 0.25) is 0 Å². The lowest BCUT2D eigenvalue weighted by molar-refractivity contribution is -0.143. The fourth-order valence-corrected chi connectivity index (χ4v) is 4.64. The maximum Gasteiger partial charge on any atom is 0.307 e. The second kappa shape index (κ2) is 11.5. The van der Waals surface area contributed by atoms with Gasteiger partial charge < -0.3 is 9.47 Å². The maximum atomic E-state index is 12.7. The molecule has 174 valence electrons. The number of aryl methyl sites for hydroxylation is 3. The van der Waals surface area contributed by atoms with Crippen LogP contribution in [0.15, 0.2) is 41.3 Å². The van der Waals surface area contributed by atoms with E-state index in [-0.39, 0.29) is 24.8 Å². The van der Waals surface area contributed by atoms with Crippen molar-refractivity contribution in [2.24, 2.45) is 0 Å². The molecule has 2 aromatic carbocycles. The Balaban J connectivity index is 1.59. The lowest BCUT2D eigenvalue weighted by Crippen LogP contribution is -2.30. The van der Waals surface area contributed by atoms with Crippen LogP contribution in [0.5, 0.6) is 5.75 Å². The molecule has 0 aliphatic carbocycles. The zero-order valence-corrected chi connectivity index (χ0v) is 21.1. The predicted molar refractivity (Wildman–Crippen MR) is 137 cm³/mol. The van der Waals surface area contributed by atoms with Crippen LogP contribution in [0.3, 0.4) is 0 Å². The van der Waals surface area contributed by atoms with Crippen molar-refractivity contribution in [1.82, 2.24) is 4.90 Å². The van der Waals surface area contributed by atoms with Crippen molar-refractivity contribution in [3.8, 4) is 5.75 Å². The van der Waals surface area contributed by atoms with Crippen LogP contribution in [-0.4, -0.2) is 34.2 Å².